The predicted octanol–water partition coefficient (Wildman–Crippen LogP) is 12.3. The van der Waals surface area contributed by atoms with E-state index < -0.39 is 5.97 Å². The van der Waals surface area contributed by atoms with Crippen molar-refractivity contribution in [1.82, 2.24) is 58.9 Å². The summed E-state index contributed by atoms with van der Waals surface area (Å²) in [6.07, 6.45) is 15.6. The molecule has 6 aromatic heterocycles. The maximum Gasteiger partial charge on any atom is 1.00 e. The minimum absolute atomic E-state index is 0. The third-order valence-corrected chi connectivity index (χ3v) is 23.3. The molecule has 2 atom stereocenters. The Balaban J connectivity index is 0.000000160. The second-order valence-corrected chi connectivity index (χ2v) is 32.1. The van der Waals surface area contributed by atoms with Gasteiger partial charge in [0.15, 0.2) is 21.6 Å². The van der Waals surface area contributed by atoms with E-state index in [0.29, 0.717) is 66.0 Å². The van der Waals surface area contributed by atoms with E-state index in [-0.39, 0.29) is 100 Å². The van der Waals surface area contributed by atoms with Crippen LogP contribution in [0.25, 0.3) is 43.6 Å². The smallest absolute Gasteiger partial charge is 0.870 e. The fourth-order valence-electron chi connectivity index (χ4n) is 14.9. The van der Waals surface area contributed by atoms with Crippen LogP contribution in [0.1, 0.15) is 127 Å². The molecule has 0 spiro atoms. The second kappa shape index (κ2) is 42.3. The number of carbonyl (C=O) groups excluding carboxylic acids is 5. The average Bonchev–Trinajstić information content (AvgIpc) is 1.74. The van der Waals surface area contributed by atoms with Crippen molar-refractivity contribution in [3.05, 3.63) is 318 Å². The molecule has 121 heavy (non-hydrogen) atoms. The number of carboxylic acids is 1. The number of carboxylic acid groups (broad SMARTS) is 1. The summed E-state index contributed by atoms with van der Waals surface area (Å²) in [5.74, 6) is -1.11. The first-order valence-electron chi connectivity index (χ1n) is 38.8. The van der Waals surface area contributed by atoms with Crippen molar-refractivity contribution in [3.63, 3.8) is 0 Å². The third kappa shape index (κ3) is 23.5. The van der Waals surface area contributed by atoms with E-state index in [4.69, 9.17) is 16.7 Å². The van der Waals surface area contributed by atoms with Crippen molar-refractivity contribution >= 4 is 113 Å². The van der Waals surface area contributed by atoms with Crippen LogP contribution in [0, 0.1) is 23.3 Å². The van der Waals surface area contributed by atoms with E-state index in [2.05, 4.69) is 38.3 Å². The maximum atomic E-state index is 13.3. The summed E-state index contributed by atoms with van der Waals surface area (Å²) in [7, 11) is 7.83. The molecule has 4 aliphatic heterocycles. The number of aromatic nitrogens is 6. The van der Waals surface area contributed by atoms with E-state index in [1.54, 1.807) is 74.8 Å². The van der Waals surface area contributed by atoms with Gasteiger partial charge in [0.05, 0.1) is 5.56 Å². The van der Waals surface area contributed by atoms with Crippen LogP contribution in [-0.4, -0.2) is 171 Å². The SMILES string of the molecule is CC(=O)c1ccc2c(Cc3ccc(F)cc3)cn(C)c2c1.CC(=O)c1ccc2ccn(C)c2c1.Cn1cc(Cc2ccc(F)cc2)c2ccc(C(=O)N3CC(N[C@H]4CCN(C(=O)c5nccs5)C4)C3)cc21.Cn1cc(Cc2ccc(F)cc2)c2ccc(C(=O)O)cc21.Fc1ccc(CCl)cc1.O.O=C(c1nccs1)N1CC[C@H](NC2CNC2)C1.[Li+].[OH-]. The van der Waals surface area contributed by atoms with Crippen molar-refractivity contribution in [2.24, 2.45) is 28.2 Å². The molecule has 10 heterocycles. The first-order chi connectivity index (χ1) is 56.9. The Bertz CT molecular complexity index is 5740. The van der Waals surface area contributed by atoms with Gasteiger partial charge in [-0.15, -0.1) is 34.3 Å². The molecule has 3 amide bonds. The number of ketones is 2. The predicted molar refractivity (Wildman–Crippen MR) is 463 cm³/mol. The molecular formula is C92H94ClF4LiN12O9S2. The number of thiazole rings is 2. The summed E-state index contributed by atoms with van der Waals surface area (Å²) in [6.45, 7) is 9.65. The number of fused-ring (bicyclic) bond motifs is 4. The van der Waals surface area contributed by atoms with Crippen molar-refractivity contribution in [3.8, 4) is 0 Å². The molecule has 29 heteroatoms. The van der Waals surface area contributed by atoms with Crippen LogP contribution >= 0.6 is 34.3 Å². The normalized spacial score (nSPS) is 14.7. The van der Waals surface area contributed by atoms with E-state index in [1.807, 2.05) is 163 Å². The van der Waals surface area contributed by atoms with Crippen LogP contribution in [0.2, 0.25) is 0 Å². The van der Waals surface area contributed by atoms with Gasteiger partial charge in [-0.2, -0.15) is 0 Å². The molecule has 624 valence electrons. The number of halogens is 5. The summed E-state index contributed by atoms with van der Waals surface area (Å²) in [5, 5.41) is 28.7. The maximum absolute atomic E-state index is 13.3. The zero-order valence-electron chi connectivity index (χ0n) is 68.1. The number of amides is 3. The van der Waals surface area contributed by atoms with E-state index in [0.717, 1.165) is 135 Å². The van der Waals surface area contributed by atoms with E-state index in [1.165, 1.54) is 82.2 Å². The van der Waals surface area contributed by atoms with Gasteiger partial charge in [0.25, 0.3) is 17.7 Å². The van der Waals surface area contributed by atoms with Gasteiger partial charge in [-0.3, -0.25) is 24.0 Å². The Kier molecular flexibility index (Phi) is 32.2. The molecule has 14 aromatic rings. The zero-order chi connectivity index (χ0) is 83.3. The molecule has 18 rings (SSSR count). The van der Waals surface area contributed by atoms with Gasteiger partial charge < -0.3 is 65.0 Å². The quantitative estimate of drug-likeness (QED) is 0.0286. The Morgan fingerprint density at radius 3 is 1.20 bits per heavy atom. The topological polar surface area (TPSA) is 275 Å². The van der Waals surface area contributed by atoms with Crippen molar-refractivity contribution in [1.29, 1.82) is 0 Å². The monoisotopic (exact) mass is 1690 g/mol. The molecule has 0 aliphatic carbocycles. The summed E-state index contributed by atoms with van der Waals surface area (Å²) in [6, 6.07) is 51.8. The zero-order valence-corrected chi connectivity index (χ0v) is 70.5. The minimum Gasteiger partial charge on any atom is -0.870 e. The van der Waals surface area contributed by atoms with Gasteiger partial charge in [0.2, 0.25) is 0 Å². The molecular weight excluding hydrogens is 1600 g/mol. The number of hydrogen-bond acceptors (Lipinski definition) is 14. The van der Waals surface area contributed by atoms with Gasteiger partial charge in [-0.1, -0.05) is 84.9 Å². The number of benzene rings is 8. The second-order valence-electron chi connectivity index (χ2n) is 30.0. The molecule has 7 N–H and O–H groups in total. The number of nitrogens with zero attached hydrogens (tertiary/aromatic N) is 9. The number of alkyl halides is 1. The molecule has 4 saturated heterocycles. The first kappa shape index (κ1) is 92.1. The van der Waals surface area contributed by atoms with E-state index >= 15 is 0 Å². The molecule has 8 aromatic carbocycles. The molecule has 0 bridgehead atoms. The average molecular weight is 1690 g/mol. The van der Waals surface area contributed by atoms with Crippen molar-refractivity contribution in [2.45, 2.75) is 76.0 Å². The number of likely N-dealkylation sites (tertiary alicyclic amines) is 3. The Labute approximate surface area is 723 Å². The molecule has 0 unspecified atom stereocenters. The van der Waals surface area contributed by atoms with Crippen LogP contribution in [0.3, 0.4) is 0 Å². The Morgan fingerprint density at radius 2 is 0.818 bits per heavy atom. The number of carbonyl (C=O) groups is 6. The van der Waals surface area contributed by atoms with Gasteiger partial charge in [0, 0.05) is 213 Å². The van der Waals surface area contributed by atoms with Gasteiger partial charge in [-0.05, 0) is 181 Å². The van der Waals surface area contributed by atoms with Crippen LogP contribution < -0.4 is 34.8 Å². The van der Waals surface area contributed by atoms with Crippen LogP contribution in [-0.2, 0) is 53.3 Å². The summed E-state index contributed by atoms with van der Waals surface area (Å²) in [4.78, 5) is 85.2. The minimum atomic E-state index is -0.932. The summed E-state index contributed by atoms with van der Waals surface area (Å²) >= 11 is 8.25. The number of rotatable bonds is 17. The molecule has 0 radical (unpaired) electrons. The number of aryl methyl sites for hydroxylation is 4. The number of nitrogens with one attached hydrogen (secondary N) is 3. The summed E-state index contributed by atoms with van der Waals surface area (Å²) < 4.78 is 59.4. The fourth-order valence-corrected chi connectivity index (χ4v) is 16.3. The summed E-state index contributed by atoms with van der Waals surface area (Å²) in [5.41, 5.74) is 14.0. The van der Waals surface area contributed by atoms with Crippen LogP contribution in [0.5, 0.6) is 0 Å². The standard InChI is InChI=1S/C28H28FN5O2S.C18H16FNO.C17H14FNO2.C11H16N4OS.C11H11NO.C7H6ClF.Li.2H2O/c1-32-14-20(12-18-2-5-21(29)6-3-18)24-7-4-19(13-25(24)32)27(35)34-16-23(17-34)31-22-8-10-33(15-22)28(36)26-30-9-11-37-26;1-12(21)14-5-8-17-15(11-20(2)18(17)10-14)9-13-3-6-16(19)7-4-13;1-19-10-13(8-11-2-5-14(18)6-3-11)15-7-4-12(17(20)21)9-16(15)19;16-11(10-13-2-4-17-10)15-3-1-8(7-15)14-9-5-12-6-9;1-8(13)10-4-3-9-5-6-12(2)11(9)7-10;8-5-6-1-3-7(9)4-2-6;;;/h2-7,9,11,13-14,22-23,31H,8,10,12,15-17H2,1H3;3-8,10-11H,9H2,1-2H3;2-7,9-10H,8H2,1H3,(H,20,21);2,4,8-9,12,14H,1,3,5-7H2;3-7H,1-2H3;1-4H,5H2;;2*1H2/q;;;;;;+1;;/p-1/t22-;;;8-;;;;;/m0..0...../s1. The number of hydrogen-bond donors (Lipinski definition) is 4. The van der Waals surface area contributed by atoms with Gasteiger partial charge in [0.1, 0.15) is 23.3 Å². The first-order valence-corrected chi connectivity index (χ1v) is 41.1. The van der Waals surface area contributed by atoms with E-state index in [9.17, 15) is 46.3 Å². The fraction of sp³-hybridized carbons (Fsp3) is 0.261. The molecule has 21 nitrogen and oxygen atoms in total. The van der Waals surface area contributed by atoms with Gasteiger partial charge in [-0.25, -0.2) is 32.3 Å². The molecule has 4 aliphatic rings. The molecule has 4 fully saturated rings. The number of Topliss-reactive ketones (excluding diaryl/α,β-unsaturated/α-hetero) is 2. The van der Waals surface area contributed by atoms with Crippen molar-refractivity contribution in [2.75, 3.05) is 52.4 Å². The largest absolute Gasteiger partial charge is 1.00 e. The van der Waals surface area contributed by atoms with Crippen molar-refractivity contribution < 1.29 is 81.2 Å². The van der Waals surface area contributed by atoms with Crippen LogP contribution in [0.4, 0.5) is 17.6 Å². The Morgan fingerprint density at radius 1 is 0.455 bits per heavy atom. The van der Waals surface area contributed by atoms with Crippen LogP contribution in [0.15, 0.2) is 224 Å². The number of aromatic carboxylic acids is 1. The third-order valence-electron chi connectivity index (χ3n) is 21.5. The molecule has 0 saturated carbocycles. The van der Waals surface area contributed by atoms with Gasteiger partial charge >= 0.3 is 24.8 Å². The Hall–Kier alpha value is -11.2.